The van der Waals surface area contributed by atoms with Crippen LogP contribution in [-0.4, -0.2) is 33.2 Å². The molecule has 5 aromatic rings. The maximum atomic E-state index is 13.2. The Hall–Kier alpha value is -4.82. The van der Waals surface area contributed by atoms with Crippen LogP contribution in [0.25, 0.3) is 43.8 Å². The summed E-state index contributed by atoms with van der Waals surface area (Å²) in [6.45, 7) is 3.26. The van der Waals surface area contributed by atoms with Crippen molar-refractivity contribution in [3.63, 3.8) is 0 Å². The first-order valence-electron chi connectivity index (χ1n) is 11.9. The smallest absolute Gasteiger partial charge is 0.259 e. The molecule has 0 unspecified atom stereocenters. The highest BCUT2D eigenvalue weighted by molar-refractivity contribution is 5.93. The first kappa shape index (κ1) is 23.9. The van der Waals surface area contributed by atoms with Crippen molar-refractivity contribution in [2.24, 2.45) is 5.11 Å². The van der Waals surface area contributed by atoms with E-state index >= 15 is 0 Å². The van der Waals surface area contributed by atoms with Crippen LogP contribution < -0.4 is 15.0 Å². The van der Waals surface area contributed by atoms with Gasteiger partial charge in [-0.15, -0.1) is 0 Å². The zero-order valence-electron chi connectivity index (χ0n) is 20.5. The Bertz CT molecular complexity index is 1700. The number of H-pyrrole nitrogens is 1. The minimum atomic E-state index is -0.270. The van der Waals surface area contributed by atoms with Crippen LogP contribution in [0.3, 0.4) is 0 Å². The Kier molecular flexibility index (Phi) is 6.74. The van der Waals surface area contributed by atoms with Crippen LogP contribution in [0.4, 0.5) is 0 Å². The van der Waals surface area contributed by atoms with Gasteiger partial charge < -0.3 is 19.0 Å². The van der Waals surface area contributed by atoms with Gasteiger partial charge in [0.05, 0.1) is 60.6 Å². The fourth-order valence-corrected chi connectivity index (χ4v) is 4.27. The van der Waals surface area contributed by atoms with Gasteiger partial charge in [0.2, 0.25) is 0 Å². The summed E-state index contributed by atoms with van der Waals surface area (Å²) in [5.41, 5.74) is 12.9. The number of imidazole rings is 1. The van der Waals surface area contributed by atoms with Crippen molar-refractivity contribution in [3.8, 4) is 22.9 Å². The number of para-hydroxylation sites is 1. The molecule has 2 aromatic heterocycles. The second-order valence-electron chi connectivity index (χ2n) is 8.52. The summed E-state index contributed by atoms with van der Waals surface area (Å²) in [6, 6.07) is 16.9. The van der Waals surface area contributed by atoms with Crippen LogP contribution in [0.5, 0.6) is 11.5 Å². The van der Waals surface area contributed by atoms with Gasteiger partial charge in [-0.3, -0.25) is 4.79 Å². The molecular weight excluding hydrogens is 470 g/mol. The van der Waals surface area contributed by atoms with Gasteiger partial charge in [0.25, 0.3) is 5.56 Å². The van der Waals surface area contributed by atoms with Gasteiger partial charge in [0.1, 0.15) is 17.3 Å². The highest BCUT2D eigenvalue weighted by atomic mass is 16.5. The van der Waals surface area contributed by atoms with E-state index in [1.807, 2.05) is 60.0 Å². The lowest BCUT2D eigenvalue weighted by Gasteiger charge is -2.13. The molecule has 0 radical (unpaired) electrons. The standard InChI is InChI=1S/C27H25N7O3/c1-3-10-37-25-9-8-17(14-30-33-28)11-20(25)26-31-21-13-22-23(12-19(21)27(35)32-26)34(16-29-22)15-18-6-4-5-7-24(18)36-2/h4-9,11-13,16H,3,10,14-15H2,1-2H3,(H,31,32,35). The van der Waals surface area contributed by atoms with Crippen molar-refractivity contribution in [3.05, 3.63) is 92.8 Å². The molecule has 0 spiro atoms. The number of azide groups is 1. The van der Waals surface area contributed by atoms with Crippen molar-refractivity contribution < 1.29 is 9.47 Å². The fourth-order valence-electron chi connectivity index (χ4n) is 4.27. The fraction of sp³-hybridized carbons (Fsp3) is 0.222. The average molecular weight is 496 g/mol. The third-order valence-corrected chi connectivity index (χ3v) is 6.06. The predicted octanol–water partition coefficient (Wildman–Crippen LogP) is 5.60. The summed E-state index contributed by atoms with van der Waals surface area (Å²) in [4.78, 5) is 28.3. The number of aromatic nitrogens is 4. The SMILES string of the molecule is CCCOc1ccc(CN=[N+]=[N-])cc1-c1nc2cc3ncn(Cc4ccccc4OC)c3cc2c(=O)[nH]1. The quantitative estimate of drug-likeness (QED) is 0.162. The second-order valence-corrected chi connectivity index (χ2v) is 8.52. The minimum absolute atomic E-state index is 0.180. The number of fused-ring (bicyclic) bond motifs is 2. The van der Waals surface area contributed by atoms with Crippen molar-refractivity contribution in [2.75, 3.05) is 13.7 Å². The van der Waals surface area contributed by atoms with Crippen LogP contribution in [0.1, 0.15) is 24.5 Å². The predicted molar refractivity (Wildman–Crippen MR) is 142 cm³/mol. The Balaban J connectivity index is 1.59. The molecule has 1 N–H and O–H groups in total. The van der Waals surface area contributed by atoms with E-state index in [0.29, 0.717) is 41.2 Å². The molecule has 0 saturated carbocycles. The summed E-state index contributed by atoms with van der Waals surface area (Å²) < 4.78 is 13.4. The molecule has 0 atom stereocenters. The summed E-state index contributed by atoms with van der Waals surface area (Å²) >= 11 is 0. The molecule has 10 nitrogen and oxygen atoms in total. The third kappa shape index (κ3) is 4.82. The molecule has 10 heteroatoms. The number of nitrogens with one attached hydrogen (secondary N) is 1. The zero-order valence-corrected chi connectivity index (χ0v) is 20.5. The zero-order chi connectivity index (χ0) is 25.8. The number of hydrogen-bond acceptors (Lipinski definition) is 6. The number of rotatable bonds is 9. The number of aromatic amines is 1. The maximum Gasteiger partial charge on any atom is 0.259 e. The molecule has 0 saturated heterocycles. The van der Waals surface area contributed by atoms with Crippen LogP contribution in [-0.2, 0) is 13.1 Å². The summed E-state index contributed by atoms with van der Waals surface area (Å²) in [6.07, 6.45) is 2.58. The molecule has 3 aromatic carbocycles. The Morgan fingerprint density at radius 2 is 1.97 bits per heavy atom. The highest BCUT2D eigenvalue weighted by Crippen LogP contribution is 2.30. The summed E-state index contributed by atoms with van der Waals surface area (Å²) in [5, 5.41) is 4.10. The molecule has 0 aliphatic heterocycles. The first-order chi connectivity index (χ1) is 18.1. The maximum absolute atomic E-state index is 13.2. The summed E-state index contributed by atoms with van der Waals surface area (Å²) in [5.74, 6) is 1.76. The van der Waals surface area contributed by atoms with E-state index in [-0.39, 0.29) is 12.1 Å². The van der Waals surface area contributed by atoms with Gasteiger partial charge in [-0.25, -0.2) is 9.97 Å². The second kappa shape index (κ2) is 10.4. The topological polar surface area (TPSA) is 131 Å². The van der Waals surface area contributed by atoms with E-state index in [0.717, 1.165) is 34.3 Å². The average Bonchev–Trinajstić information content (AvgIpc) is 3.31. The largest absolute Gasteiger partial charge is 0.496 e. The lowest BCUT2D eigenvalue weighted by molar-refractivity contribution is 0.318. The van der Waals surface area contributed by atoms with Crippen molar-refractivity contribution in [1.82, 2.24) is 19.5 Å². The molecule has 0 aliphatic rings. The minimum Gasteiger partial charge on any atom is -0.496 e. The van der Waals surface area contributed by atoms with Crippen LogP contribution in [0.2, 0.25) is 0 Å². The van der Waals surface area contributed by atoms with Gasteiger partial charge >= 0.3 is 0 Å². The molecule has 0 bridgehead atoms. The summed E-state index contributed by atoms with van der Waals surface area (Å²) in [7, 11) is 1.65. The monoisotopic (exact) mass is 495 g/mol. The number of hydrogen-bond donors (Lipinski definition) is 1. The van der Waals surface area contributed by atoms with Crippen LogP contribution in [0.15, 0.2) is 70.8 Å². The van der Waals surface area contributed by atoms with Crippen molar-refractivity contribution >= 4 is 21.9 Å². The molecule has 186 valence electrons. The molecule has 0 aliphatic carbocycles. The molecule has 0 fully saturated rings. The van der Waals surface area contributed by atoms with E-state index < -0.39 is 0 Å². The van der Waals surface area contributed by atoms with Gasteiger partial charge in [0.15, 0.2) is 0 Å². The molecule has 5 rings (SSSR count). The van der Waals surface area contributed by atoms with E-state index in [1.54, 1.807) is 19.5 Å². The van der Waals surface area contributed by atoms with E-state index in [9.17, 15) is 4.79 Å². The van der Waals surface area contributed by atoms with E-state index in [2.05, 4.69) is 20.0 Å². The molecule has 37 heavy (non-hydrogen) atoms. The Morgan fingerprint density at radius 1 is 1.11 bits per heavy atom. The Labute approximate surface area is 212 Å². The number of methoxy groups -OCH3 is 1. The van der Waals surface area contributed by atoms with Gasteiger partial charge in [0, 0.05) is 10.5 Å². The van der Waals surface area contributed by atoms with Gasteiger partial charge in [-0.2, -0.15) is 0 Å². The number of benzene rings is 3. The lowest BCUT2D eigenvalue weighted by atomic mass is 10.1. The highest BCUT2D eigenvalue weighted by Gasteiger charge is 2.15. The number of ether oxygens (including phenoxy) is 2. The van der Waals surface area contributed by atoms with Crippen LogP contribution >= 0.6 is 0 Å². The number of nitrogens with zero attached hydrogens (tertiary/aromatic N) is 6. The first-order valence-corrected chi connectivity index (χ1v) is 11.9. The van der Waals surface area contributed by atoms with E-state index in [1.165, 1.54) is 0 Å². The molecule has 0 amide bonds. The van der Waals surface area contributed by atoms with Gasteiger partial charge in [-0.05, 0) is 47.8 Å². The van der Waals surface area contributed by atoms with Crippen LogP contribution in [0, 0.1) is 0 Å². The van der Waals surface area contributed by atoms with Gasteiger partial charge in [-0.1, -0.05) is 36.3 Å². The van der Waals surface area contributed by atoms with Crippen molar-refractivity contribution in [1.29, 1.82) is 0 Å². The van der Waals surface area contributed by atoms with E-state index in [4.69, 9.17) is 20.0 Å². The lowest BCUT2D eigenvalue weighted by Crippen LogP contribution is -2.11. The van der Waals surface area contributed by atoms with Crippen molar-refractivity contribution in [2.45, 2.75) is 26.4 Å². The third-order valence-electron chi connectivity index (χ3n) is 6.06. The molecule has 2 heterocycles. The molecular formula is C27H25N7O3. The Morgan fingerprint density at radius 3 is 2.78 bits per heavy atom. The normalized spacial score (nSPS) is 11.0.